The molecule has 0 amide bonds. The zero-order valence-corrected chi connectivity index (χ0v) is 39.0. The molecule has 0 fully saturated rings. The molecule has 1 aliphatic heterocycles. The van der Waals surface area contributed by atoms with Gasteiger partial charge in [-0.05, 0) is 49.2 Å². The lowest BCUT2D eigenvalue weighted by Crippen LogP contribution is -2.33. The van der Waals surface area contributed by atoms with Crippen molar-refractivity contribution in [3.63, 3.8) is 0 Å². The Balaban J connectivity index is 1.63. The van der Waals surface area contributed by atoms with Crippen LogP contribution in [0.1, 0.15) is 22.3 Å². The van der Waals surface area contributed by atoms with Crippen molar-refractivity contribution in [2.75, 3.05) is 0 Å². The van der Waals surface area contributed by atoms with Gasteiger partial charge in [0.15, 0.2) is 5.54 Å². The Morgan fingerprint density at radius 2 is 0.677 bits per heavy atom. The predicted molar refractivity (Wildman–Crippen MR) is 265 cm³/mol. The first-order valence-corrected chi connectivity index (χ1v) is 27.3. The molecule has 0 aliphatic carbocycles. The van der Waals surface area contributed by atoms with Gasteiger partial charge < -0.3 is 0 Å². The first-order valence-electron chi connectivity index (χ1n) is 20.9. The molecular weight excluding hydrogens is 883 g/mol. The van der Waals surface area contributed by atoms with Gasteiger partial charge in [0.25, 0.3) is 20.0 Å². The molecule has 8 nitrogen and oxygen atoms in total. The molecule has 1 heterocycles. The summed E-state index contributed by atoms with van der Waals surface area (Å²) in [5.74, 6) is 0. The van der Waals surface area contributed by atoms with Gasteiger partial charge in [0.2, 0.25) is 0 Å². The highest BCUT2D eigenvalue weighted by molar-refractivity contribution is 8.00. The third-order valence-corrected chi connectivity index (χ3v) is 23.4. The molecule has 0 spiro atoms. The lowest BCUT2D eigenvalue weighted by atomic mass is 9.83. The van der Waals surface area contributed by atoms with Crippen molar-refractivity contribution < 1.29 is 16.8 Å². The molecule has 0 unspecified atom stereocenters. The first-order chi connectivity index (χ1) is 31.5. The van der Waals surface area contributed by atoms with E-state index in [1.807, 2.05) is 196 Å². The van der Waals surface area contributed by atoms with Crippen LogP contribution in [0.5, 0.6) is 0 Å². The normalized spacial score (nSPS) is 13.9. The van der Waals surface area contributed by atoms with Crippen LogP contribution in [0.3, 0.4) is 0 Å². The monoisotopic (exact) mass is 926 g/mol. The van der Waals surface area contributed by atoms with Crippen molar-refractivity contribution in [1.29, 1.82) is 0 Å². The van der Waals surface area contributed by atoms with E-state index in [2.05, 4.69) is 0 Å². The van der Waals surface area contributed by atoms with E-state index in [0.717, 1.165) is 11.1 Å². The molecule has 0 saturated carbocycles. The van der Waals surface area contributed by atoms with Crippen molar-refractivity contribution in [3.8, 4) is 0 Å². The maximum absolute atomic E-state index is 15.6. The van der Waals surface area contributed by atoms with Crippen LogP contribution in [0, 0.1) is 13.8 Å². The lowest BCUT2D eigenvalue weighted by Gasteiger charge is -2.39. The number of azo groups is 1. The number of benzene rings is 8. The molecular formula is C53H44N4O4P2S2. The number of hydrogen-bond acceptors (Lipinski definition) is 6. The van der Waals surface area contributed by atoms with Crippen molar-refractivity contribution in [2.45, 2.75) is 29.2 Å². The molecule has 12 heteroatoms. The van der Waals surface area contributed by atoms with Crippen molar-refractivity contribution in [2.24, 2.45) is 18.5 Å². The predicted octanol–water partition coefficient (Wildman–Crippen LogP) is 11.7. The molecule has 65 heavy (non-hydrogen) atoms. The van der Waals surface area contributed by atoms with Crippen LogP contribution in [-0.4, -0.2) is 16.8 Å². The van der Waals surface area contributed by atoms with E-state index < -0.39 is 39.7 Å². The molecule has 9 rings (SSSR count). The maximum atomic E-state index is 15.6. The number of aryl methyl sites for hydroxylation is 2. The molecule has 8 aromatic carbocycles. The smallest absolute Gasteiger partial charge is 0.199 e. The van der Waals surface area contributed by atoms with Crippen molar-refractivity contribution in [1.82, 2.24) is 0 Å². The summed E-state index contributed by atoms with van der Waals surface area (Å²) in [4.78, 5) is 0.0183. The van der Waals surface area contributed by atoms with Gasteiger partial charge in [-0.3, -0.25) is 0 Å². The highest BCUT2D eigenvalue weighted by Crippen LogP contribution is 2.74. The van der Waals surface area contributed by atoms with E-state index >= 15 is 16.8 Å². The summed E-state index contributed by atoms with van der Waals surface area (Å²) in [6.45, 7) is 3.79. The van der Waals surface area contributed by atoms with E-state index in [-0.39, 0.29) is 15.2 Å². The van der Waals surface area contributed by atoms with Crippen LogP contribution < -0.4 is 21.2 Å². The molecule has 0 atom stereocenters. The number of rotatable bonds is 12. The second-order valence-corrected chi connectivity index (χ2v) is 25.3. The molecule has 0 aromatic heterocycles. The van der Waals surface area contributed by atoms with Crippen LogP contribution in [-0.2, 0) is 25.6 Å². The maximum Gasteiger partial charge on any atom is 0.281 e. The third kappa shape index (κ3) is 7.91. The molecule has 0 N–H and O–H groups in total. The van der Waals surface area contributed by atoms with Gasteiger partial charge in [-0.15, -0.1) is 0 Å². The molecule has 322 valence electrons. The largest absolute Gasteiger partial charge is 0.281 e. The van der Waals surface area contributed by atoms with E-state index in [4.69, 9.17) is 18.5 Å². The highest BCUT2D eigenvalue weighted by Gasteiger charge is 2.56. The summed E-state index contributed by atoms with van der Waals surface area (Å²) in [7, 11) is -17.1. The summed E-state index contributed by atoms with van der Waals surface area (Å²) in [6.07, 6.45) is 0. The van der Waals surface area contributed by atoms with E-state index in [9.17, 15) is 0 Å². The fourth-order valence-corrected chi connectivity index (χ4v) is 21.4. The zero-order valence-electron chi connectivity index (χ0n) is 35.6. The number of nitrogens with zero attached hydrogens (tertiary/aromatic N) is 4. The Morgan fingerprint density at radius 3 is 1.02 bits per heavy atom. The van der Waals surface area contributed by atoms with E-state index in [1.54, 1.807) is 48.5 Å². The van der Waals surface area contributed by atoms with Crippen LogP contribution in [0.4, 0.5) is 0 Å². The fourth-order valence-electron chi connectivity index (χ4n) is 8.37. The van der Waals surface area contributed by atoms with Crippen LogP contribution in [0.15, 0.2) is 270 Å². The fraction of sp³-hybridized carbons (Fsp3) is 0.0566. The first kappa shape index (κ1) is 43.7. The van der Waals surface area contributed by atoms with Gasteiger partial charge in [0, 0.05) is 26.5 Å². The van der Waals surface area contributed by atoms with Crippen LogP contribution >= 0.6 is 14.1 Å². The quantitative estimate of drug-likeness (QED) is 0.113. The summed E-state index contributed by atoms with van der Waals surface area (Å²) in [5.41, 5.74) is 1.79. The average Bonchev–Trinajstić information content (AvgIpc) is 3.77. The Kier molecular flexibility index (Phi) is 12.0. The minimum absolute atomic E-state index is 0.00705. The van der Waals surface area contributed by atoms with Gasteiger partial charge in [-0.1, -0.05) is 217 Å². The molecule has 0 bridgehead atoms. The minimum Gasteiger partial charge on any atom is -0.199 e. The van der Waals surface area contributed by atoms with E-state index in [1.165, 1.54) is 0 Å². The van der Waals surface area contributed by atoms with Crippen LogP contribution in [0.2, 0.25) is 0 Å². The Bertz CT molecular complexity index is 3270. The minimum atomic E-state index is -4.54. The Labute approximate surface area is 381 Å². The Morgan fingerprint density at radius 1 is 0.385 bits per heavy atom. The van der Waals surface area contributed by atoms with E-state index in [0.29, 0.717) is 37.7 Å². The van der Waals surface area contributed by atoms with Gasteiger partial charge in [0.1, 0.15) is 5.44 Å². The van der Waals surface area contributed by atoms with Gasteiger partial charge in [-0.25, -0.2) is 0 Å². The standard InChI is InChI=1S/C53H44N4O4P2S2/c1-41-33-37-49(38-34-41)64(58,59)56-62(45-25-13-5-14-26-45,46-27-15-6-16-28-46)51-52(54-55-53(51,43-21-9-3-10-22-43)44-23-11-4-12-24-44)63(47-29-17-7-18-30-47,48-31-19-8-20-32-48)57-65(60,61)50-39-35-42(2)36-40-50/h3-40H,1-2H3. The van der Waals surface area contributed by atoms with Gasteiger partial charge >= 0.3 is 0 Å². The van der Waals surface area contributed by atoms with Crippen molar-refractivity contribution >= 4 is 55.4 Å². The van der Waals surface area contributed by atoms with Crippen LogP contribution in [0.25, 0.3) is 0 Å². The molecule has 0 saturated heterocycles. The summed E-state index contributed by atoms with van der Waals surface area (Å²) in [6, 6.07) is 70.2. The number of hydrogen-bond donors (Lipinski definition) is 0. The third-order valence-electron chi connectivity index (χ3n) is 11.5. The molecule has 1 aliphatic rings. The second kappa shape index (κ2) is 17.8. The summed E-state index contributed by atoms with van der Waals surface area (Å²) in [5, 5.41) is 13.5. The zero-order chi connectivity index (χ0) is 45.1. The topological polar surface area (TPSA) is 118 Å². The second-order valence-electron chi connectivity index (χ2n) is 15.7. The Hall–Kier alpha value is -6.54. The SMILES string of the molecule is Cc1ccc(S(=O)(=O)N=P(C2=C(P(=NS(=O)(=O)c3ccc(C)cc3)(c3ccccc3)c3ccccc3)C(c3ccccc3)(c3ccccc3)N=N2)(c2ccccc2)c2ccccc2)cc1. The summed E-state index contributed by atoms with van der Waals surface area (Å²) < 4.78 is 72.4. The molecule has 0 radical (unpaired) electrons. The number of sulfonamides is 2. The van der Waals surface area contributed by atoms with Gasteiger partial charge in [-0.2, -0.15) is 35.4 Å². The molecule has 8 aromatic rings. The lowest BCUT2D eigenvalue weighted by molar-refractivity contribution is 0.596. The average molecular weight is 927 g/mol. The highest BCUT2D eigenvalue weighted by atomic mass is 32.2. The van der Waals surface area contributed by atoms with Crippen molar-refractivity contribution in [3.05, 3.63) is 264 Å². The van der Waals surface area contributed by atoms with Gasteiger partial charge in [0.05, 0.1) is 23.9 Å². The summed E-state index contributed by atoms with van der Waals surface area (Å²) >= 11 is 0.